The van der Waals surface area contributed by atoms with E-state index in [-0.39, 0.29) is 13.0 Å². The molecule has 0 bridgehead atoms. The van der Waals surface area contributed by atoms with Gasteiger partial charge in [-0.3, -0.25) is 0 Å². The summed E-state index contributed by atoms with van der Waals surface area (Å²) in [6, 6.07) is -1.39. The fourth-order valence-corrected chi connectivity index (χ4v) is 1.54. The third-order valence-corrected chi connectivity index (χ3v) is 2.21. The van der Waals surface area contributed by atoms with Crippen LogP contribution in [0.2, 0.25) is 0 Å². The van der Waals surface area contributed by atoms with Gasteiger partial charge in [-0.05, 0) is 0 Å². The molecule has 1 rings (SSSR count). The third-order valence-electron chi connectivity index (χ3n) is 2.21. The van der Waals surface area contributed by atoms with Gasteiger partial charge in [-0.25, -0.2) is 4.79 Å². The lowest BCUT2D eigenvalue weighted by molar-refractivity contribution is -0.266. The lowest BCUT2D eigenvalue weighted by atomic mass is 10.2. The molecule has 8 heteroatoms. The summed E-state index contributed by atoms with van der Waals surface area (Å²) < 4.78 is 4.45. The van der Waals surface area contributed by atoms with Gasteiger partial charge in [-0.15, -0.1) is 0 Å². The van der Waals surface area contributed by atoms with Crippen molar-refractivity contribution >= 4 is 12.1 Å². The van der Waals surface area contributed by atoms with E-state index < -0.39 is 24.1 Å². The number of hydrogen-bond donors (Lipinski definition) is 1. The summed E-state index contributed by atoms with van der Waals surface area (Å²) >= 11 is 0. The Balaban J connectivity index is 2.80. The minimum atomic E-state index is -1.45. The zero-order chi connectivity index (χ0) is 11.4. The van der Waals surface area contributed by atoms with Crippen molar-refractivity contribution in [1.29, 1.82) is 5.53 Å². The van der Waals surface area contributed by atoms with E-state index in [1.165, 1.54) is 7.11 Å². The molecule has 15 heavy (non-hydrogen) atoms. The van der Waals surface area contributed by atoms with Crippen LogP contribution < -0.4 is 10.0 Å². The number of ether oxygens (including phenoxy) is 1. The van der Waals surface area contributed by atoms with Crippen molar-refractivity contribution in [2.24, 2.45) is 5.11 Å². The topological polar surface area (TPSA) is 120 Å². The van der Waals surface area contributed by atoms with E-state index in [1.54, 1.807) is 0 Å². The Morgan fingerprint density at radius 2 is 2.33 bits per heavy atom. The monoisotopic (exact) mass is 214 g/mol. The first-order valence-electron chi connectivity index (χ1n) is 4.22. The fraction of sp³-hybridized carbons (Fsp3) is 0.714. The summed E-state index contributed by atoms with van der Waals surface area (Å²) in [5.74, 6) is -0.651. The lowest BCUT2D eigenvalue weighted by Gasteiger charge is -2.24. The Labute approximate surface area is 85.0 Å². The molecule has 0 radical (unpaired) electrons. The first kappa shape index (κ1) is 11.1. The second-order valence-corrected chi connectivity index (χ2v) is 3.06. The van der Waals surface area contributed by atoms with Gasteiger partial charge in [0.05, 0.1) is 7.11 Å². The minimum Gasteiger partial charge on any atom is -0.530 e. The predicted octanol–water partition coefficient (Wildman–Crippen LogP) is -1.50. The number of nitrogens with zero attached hydrogens (tertiary/aromatic N) is 3. The van der Waals surface area contributed by atoms with E-state index in [0.29, 0.717) is 0 Å². The van der Waals surface area contributed by atoms with Crippen molar-refractivity contribution in [3.8, 4) is 0 Å². The first-order valence-corrected chi connectivity index (χ1v) is 4.22. The Bertz CT molecular complexity index is 325. The molecule has 1 fully saturated rings. The quantitative estimate of drug-likeness (QED) is 0.341. The first-order chi connectivity index (χ1) is 7.10. The van der Waals surface area contributed by atoms with Gasteiger partial charge in [-0.1, -0.05) is 0 Å². The molecule has 0 aromatic rings. The van der Waals surface area contributed by atoms with Crippen LogP contribution in [-0.2, 0) is 9.53 Å². The zero-order valence-corrected chi connectivity index (χ0v) is 8.04. The van der Waals surface area contributed by atoms with E-state index in [9.17, 15) is 14.7 Å². The van der Waals surface area contributed by atoms with Gasteiger partial charge in [0.1, 0.15) is 22.8 Å². The second-order valence-electron chi connectivity index (χ2n) is 3.06. The molecule has 1 saturated heterocycles. The van der Waals surface area contributed by atoms with Crippen molar-refractivity contribution in [3.05, 3.63) is 0 Å². The van der Waals surface area contributed by atoms with Crippen LogP contribution in [0.4, 0.5) is 4.79 Å². The van der Waals surface area contributed by atoms with Crippen LogP contribution in [0.15, 0.2) is 5.11 Å². The third kappa shape index (κ3) is 2.29. The van der Waals surface area contributed by atoms with E-state index in [0.717, 1.165) is 4.90 Å². The van der Waals surface area contributed by atoms with E-state index in [2.05, 4.69) is 14.8 Å². The Morgan fingerprint density at radius 1 is 1.67 bits per heavy atom. The number of methoxy groups -OCH3 is 1. The fourth-order valence-electron chi connectivity index (χ4n) is 1.54. The van der Waals surface area contributed by atoms with Gasteiger partial charge in [0.25, 0.3) is 0 Å². The normalized spacial score (nSPS) is 24.5. The molecule has 1 aliphatic heterocycles. The Hall–Kier alpha value is -1.95. The van der Waals surface area contributed by atoms with Gasteiger partial charge in [-0.2, -0.15) is 0 Å². The number of esters is 1. The molecule has 0 aromatic heterocycles. The number of amides is 1. The number of carbonyl (C=O) groups is 2. The van der Waals surface area contributed by atoms with Crippen molar-refractivity contribution < 1.29 is 19.4 Å². The van der Waals surface area contributed by atoms with Crippen LogP contribution in [0.3, 0.4) is 0 Å². The highest BCUT2D eigenvalue weighted by atomic mass is 16.5. The summed E-state index contributed by atoms with van der Waals surface area (Å²) in [6.07, 6.45) is -1.28. The summed E-state index contributed by atoms with van der Waals surface area (Å²) in [5, 5.41) is 14.1. The highest BCUT2D eigenvalue weighted by Crippen LogP contribution is 2.20. The van der Waals surface area contributed by atoms with E-state index >= 15 is 0 Å². The van der Waals surface area contributed by atoms with Crippen molar-refractivity contribution in [1.82, 2.24) is 9.81 Å². The summed E-state index contributed by atoms with van der Waals surface area (Å²) in [4.78, 5) is 25.5. The van der Waals surface area contributed by atoms with Gasteiger partial charge in [0, 0.05) is 13.0 Å². The number of likely N-dealkylation sites (tertiary alicyclic amines) is 1. The van der Waals surface area contributed by atoms with Crippen LogP contribution in [0, 0.1) is 5.53 Å². The number of hydrogen-bond acceptors (Lipinski definition) is 6. The highest BCUT2D eigenvalue weighted by Gasteiger charge is 2.39. The molecular weight excluding hydrogens is 204 g/mol. The SMILES string of the molecule is COC(=O)C1CC(N=[N+]=N)CN1C(=O)[O-]. The predicted molar refractivity (Wildman–Crippen MR) is 43.6 cm³/mol. The zero-order valence-electron chi connectivity index (χ0n) is 8.04. The van der Waals surface area contributed by atoms with Crippen LogP contribution >= 0.6 is 0 Å². The number of rotatable bonds is 2. The summed E-state index contributed by atoms with van der Waals surface area (Å²) in [7, 11) is 1.18. The van der Waals surface area contributed by atoms with Gasteiger partial charge in [0.2, 0.25) is 4.91 Å². The average Bonchev–Trinajstić information content (AvgIpc) is 2.61. The maximum atomic E-state index is 11.2. The Kier molecular flexibility index (Phi) is 3.35. The smallest absolute Gasteiger partial charge is 0.328 e. The van der Waals surface area contributed by atoms with Gasteiger partial charge < -0.3 is 19.5 Å². The molecule has 0 aromatic carbocycles. The van der Waals surface area contributed by atoms with Crippen LogP contribution in [0.25, 0.3) is 0 Å². The van der Waals surface area contributed by atoms with Crippen LogP contribution in [0.1, 0.15) is 6.42 Å². The molecule has 1 aliphatic rings. The molecule has 1 amide bonds. The molecular formula is C7H10N4O4. The molecule has 0 aliphatic carbocycles. The van der Waals surface area contributed by atoms with Crippen molar-refractivity contribution in [3.63, 3.8) is 0 Å². The minimum absolute atomic E-state index is 0.00444. The highest BCUT2D eigenvalue weighted by molar-refractivity contribution is 5.81. The number of carboxylic acid groups (broad SMARTS) is 1. The molecule has 0 spiro atoms. The summed E-state index contributed by atoms with van der Waals surface area (Å²) in [6.45, 7) is 0.00444. The van der Waals surface area contributed by atoms with Gasteiger partial charge in [0.15, 0.2) is 6.04 Å². The number of nitrogens with one attached hydrogen (secondary N) is 1. The maximum Gasteiger partial charge on any atom is 0.328 e. The molecule has 8 nitrogen and oxygen atoms in total. The van der Waals surface area contributed by atoms with Crippen LogP contribution in [0.5, 0.6) is 0 Å². The van der Waals surface area contributed by atoms with E-state index in [4.69, 9.17) is 5.53 Å². The Morgan fingerprint density at radius 3 is 2.80 bits per heavy atom. The molecule has 2 unspecified atom stereocenters. The van der Waals surface area contributed by atoms with Crippen molar-refractivity contribution in [2.45, 2.75) is 18.5 Å². The molecule has 82 valence electrons. The largest absolute Gasteiger partial charge is 0.530 e. The molecule has 2 atom stereocenters. The number of carbonyl (C=O) groups excluding carboxylic acids is 2. The standard InChI is InChI=1S/C7H10N4O4/c1-15-6(12)5-2-4(9-10-8)3-11(5)7(13)14/h4-5,8H,2-3H2,1H3. The summed E-state index contributed by atoms with van der Waals surface area (Å²) in [5.41, 5.74) is 6.52. The second kappa shape index (κ2) is 4.52. The van der Waals surface area contributed by atoms with Crippen molar-refractivity contribution in [2.75, 3.05) is 13.7 Å². The lowest BCUT2D eigenvalue weighted by Crippen LogP contribution is -2.47. The van der Waals surface area contributed by atoms with Crippen LogP contribution in [-0.4, -0.2) is 42.7 Å². The molecule has 1 N–H and O–H groups in total. The van der Waals surface area contributed by atoms with Gasteiger partial charge >= 0.3 is 5.97 Å². The maximum absolute atomic E-state index is 11.2. The van der Waals surface area contributed by atoms with E-state index in [1.807, 2.05) is 0 Å². The molecule has 1 heterocycles. The average molecular weight is 214 g/mol. The molecule has 0 saturated carbocycles.